The van der Waals surface area contributed by atoms with Gasteiger partial charge in [-0.1, -0.05) is 24.3 Å². The quantitative estimate of drug-likeness (QED) is 0.759. The zero-order chi connectivity index (χ0) is 13.7. The third kappa shape index (κ3) is 3.68. The van der Waals surface area contributed by atoms with Crippen LogP contribution < -0.4 is 9.47 Å². The van der Waals surface area contributed by atoms with Crippen LogP contribution in [0.4, 0.5) is 5.69 Å². The van der Waals surface area contributed by atoms with Gasteiger partial charge in [-0.3, -0.25) is 0 Å². The summed E-state index contributed by atoms with van der Waals surface area (Å²) in [6.07, 6.45) is 8.50. The van der Waals surface area contributed by atoms with Gasteiger partial charge >= 0.3 is 0 Å². The molecule has 2 aromatic rings. The number of hydrogen-bond donors (Lipinski definition) is 0. The lowest BCUT2D eigenvalue weighted by atomic mass is 10.1. The average Bonchev–Trinajstić information content (AvgIpc) is 2.46. The summed E-state index contributed by atoms with van der Waals surface area (Å²) in [5.74, 6) is 0. The molecule has 2 nitrogen and oxygen atoms in total. The monoisotopic (exact) mass is 253 g/mol. The molecule has 0 aliphatic rings. The highest BCUT2D eigenvalue weighted by atomic mass is 15.1. The van der Waals surface area contributed by atoms with Gasteiger partial charge in [0, 0.05) is 31.9 Å². The summed E-state index contributed by atoms with van der Waals surface area (Å²) in [6, 6.07) is 12.8. The lowest BCUT2D eigenvalue weighted by molar-refractivity contribution is -0.693. The van der Waals surface area contributed by atoms with Gasteiger partial charge in [0.05, 0.1) is 0 Å². The highest BCUT2D eigenvalue weighted by Crippen LogP contribution is 2.14. The van der Waals surface area contributed by atoms with Gasteiger partial charge in [-0.2, -0.15) is 0 Å². The van der Waals surface area contributed by atoms with Crippen LogP contribution in [0.15, 0.2) is 48.8 Å². The molecule has 2 rings (SSSR count). The fourth-order valence-electron chi connectivity index (χ4n) is 1.87. The van der Waals surface area contributed by atoms with Crippen LogP contribution in [0.5, 0.6) is 0 Å². The van der Waals surface area contributed by atoms with Crippen LogP contribution in [0.25, 0.3) is 12.2 Å². The molecule has 98 valence electrons. The Morgan fingerprint density at radius 1 is 0.895 bits per heavy atom. The second-order valence-corrected chi connectivity index (χ2v) is 4.78. The Hall–Kier alpha value is -2.09. The van der Waals surface area contributed by atoms with Gasteiger partial charge in [0.15, 0.2) is 12.4 Å². The van der Waals surface area contributed by atoms with Crippen LogP contribution in [-0.4, -0.2) is 14.1 Å². The van der Waals surface area contributed by atoms with E-state index in [9.17, 15) is 0 Å². The third-order valence-corrected chi connectivity index (χ3v) is 3.16. The van der Waals surface area contributed by atoms with Crippen molar-refractivity contribution in [3.05, 3.63) is 59.9 Å². The van der Waals surface area contributed by atoms with Crippen molar-refractivity contribution in [3.8, 4) is 0 Å². The van der Waals surface area contributed by atoms with Crippen molar-refractivity contribution in [3.63, 3.8) is 0 Å². The van der Waals surface area contributed by atoms with Crippen molar-refractivity contribution in [1.29, 1.82) is 0 Å². The number of aromatic nitrogens is 1. The molecular weight excluding hydrogens is 232 g/mol. The summed E-state index contributed by atoms with van der Waals surface area (Å²) in [6.45, 7) is 3.15. The van der Waals surface area contributed by atoms with E-state index in [4.69, 9.17) is 0 Å². The van der Waals surface area contributed by atoms with E-state index < -0.39 is 0 Å². The van der Waals surface area contributed by atoms with E-state index in [1.807, 2.05) is 0 Å². The molecule has 1 aromatic carbocycles. The normalized spacial score (nSPS) is 10.9. The number of anilines is 1. The summed E-state index contributed by atoms with van der Waals surface area (Å²) < 4.78 is 2.16. The molecule has 0 N–H and O–H groups in total. The van der Waals surface area contributed by atoms with E-state index in [-0.39, 0.29) is 0 Å². The Labute approximate surface area is 115 Å². The van der Waals surface area contributed by atoms with Crippen LogP contribution in [0.2, 0.25) is 0 Å². The topological polar surface area (TPSA) is 7.12 Å². The summed E-state index contributed by atoms with van der Waals surface area (Å²) in [4.78, 5) is 2.11. The second-order valence-electron chi connectivity index (χ2n) is 4.78. The molecular formula is C17H21N2+. The summed E-state index contributed by atoms with van der Waals surface area (Å²) in [5, 5.41) is 0. The molecule has 0 saturated heterocycles. The van der Waals surface area contributed by atoms with Crippen molar-refractivity contribution in [2.75, 3.05) is 19.0 Å². The number of hydrogen-bond acceptors (Lipinski definition) is 1. The Morgan fingerprint density at radius 2 is 1.42 bits per heavy atom. The minimum absolute atomic E-state index is 1.01. The summed E-state index contributed by atoms with van der Waals surface area (Å²) in [7, 11) is 4.11. The van der Waals surface area contributed by atoms with Gasteiger partial charge in [-0.15, -0.1) is 0 Å². The molecule has 0 fully saturated rings. The van der Waals surface area contributed by atoms with Gasteiger partial charge in [0.25, 0.3) is 0 Å². The van der Waals surface area contributed by atoms with Crippen molar-refractivity contribution < 1.29 is 4.57 Å². The Morgan fingerprint density at radius 3 is 1.89 bits per heavy atom. The molecule has 0 saturated carbocycles. The predicted molar refractivity (Wildman–Crippen MR) is 82.0 cm³/mol. The summed E-state index contributed by atoms with van der Waals surface area (Å²) >= 11 is 0. The molecule has 0 aliphatic heterocycles. The van der Waals surface area contributed by atoms with Crippen LogP contribution in [0.1, 0.15) is 18.1 Å². The molecule has 0 unspecified atom stereocenters. The first-order chi connectivity index (χ1) is 9.19. The highest BCUT2D eigenvalue weighted by molar-refractivity contribution is 5.70. The van der Waals surface area contributed by atoms with Crippen LogP contribution in [0, 0.1) is 0 Å². The lowest BCUT2D eigenvalue weighted by Gasteiger charge is -2.11. The van der Waals surface area contributed by atoms with E-state index in [2.05, 4.69) is 91.4 Å². The minimum atomic E-state index is 1.01. The van der Waals surface area contributed by atoms with Gasteiger partial charge in [-0.25, -0.2) is 4.57 Å². The first-order valence-corrected chi connectivity index (χ1v) is 6.63. The van der Waals surface area contributed by atoms with E-state index in [1.54, 1.807) is 0 Å². The van der Waals surface area contributed by atoms with Crippen molar-refractivity contribution in [1.82, 2.24) is 0 Å². The Balaban J connectivity index is 2.08. The number of nitrogens with zero attached hydrogens (tertiary/aromatic N) is 2. The number of rotatable bonds is 4. The van der Waals surface area contributed by atoms with Crippen molar-refractivity contribution in [2.45, 2.75) is 13.5 Å². The first kappa shape index (κ1) is 13.3. The van der Waals surface area contributed by atoms with Gasteiger partial charge in [0.2, 0.25) is 0 Å². The molecule has 0 bridgehead atoms. The average molecular weight is 253 g/mol. The maximum absolute atomic E-state index is 2.16. The molecule has 2 heteroatoms. The smallest absolute Gasteiger partial charge is 0.169 e. The van der Waals surface area contributed by atoms with Crippen molar-refractivity contribution >= 4 is 17.8 Å². The van der Waals surface area contributed by atoms with Crippen LogP contribution >= 0.6 is 0 Å². The predicted octanol–water partition coefficient (Wildman–Crippen LogP) is 3.23. The van der Waals surface area contributed by atoms with Crippen LogP contribution in [-0.2, 0) is 6.54 Å². The third-order valence-electron chi connectivity index (χ3n) is 3.16. The van der Waals surface area contributed by atoms with Crippen molar-refractivity contribution in [2.24, 2.45) is 0 Å². The molecule has 0 aliphatic carbocycles. The molecule has 0 amide bonds. The van der Waals surface area contributed by atoms with E-state index in [1.165, 1.54) is 16.8 Å². The zero-order valence-electron chi connectivity index (χ0n) is 11.9. The van der Waals surface area contributed by atoms with Gasteiger partial charge in [0.1, 0.15) is 6.54 Å². The van der Waals surface area contributed by atoms with Gasteiger partial charge in [-0.05, 0) is 30.2 Å². The maximum atomic E-state index is 2.16. The SMILES string of the molecule is CC[n+]1ccc(/C=C/c2ccc(N(C)C)cc2)cc1. The lowest BCUT2D eigenvalue weighted by Crippen LogP contribution is -2.30. The van der Waals surface area contributed by atoms with Crippen LogP contribution in [0.3, 0.4) is 0 Å². The summed E-state index contributed by atoms with van der Waals surface area (Å²) in [5.41, 5.74) is 3.67. The minimum Gasteiger partial charge on any atom is -0.378 e. The molecule has 0 spiro atoms. The van der Waals surface area contributed by atoms with E-state index >= 15 is 0 Å². The molecule has 19 heavy (non-hydrogen) atoms. The molecule has 0 radical (unpaired) electrons. The highest BCUT2D eigenvalue weighted by Gasteiger charge is 1.96. The number of aryl methyl sites for hydroxylation is 1. The largest absolute Gasteiger partial charge is 0.378 e. The first-order valence-electron chi connectivity index (χ1n) is 6.63. The molecule has 1 heterocycles. The van der Waals surface area contributed by atoms with E-state index in [0.717, 1.165) is 6.54 Å². The standard InChI is InChI=1S/C17H21N2/c1-4-19-13-11-16(12-14-19)6-5-15-7-9-17(10-8-15)18(2)3/h5-14H,4H2,1-3H3/q+1. The number of benzene rings is 1. The fraction of sp³-hybridized carbons (Fsp3) is 0.235. The van der Waals surface area contributed by atoms with E-state index in [0.29, 0.717) is 0 Å². The molecule has 0 atom stereocenters. The Kier molecular flexibility index (Phi) is 4.35. The zero-order valence-corrected chi connectivity index (χ0v) is 11.9. The maximum Gasteiger partial charge on any atom is 0.169 e. The molecule has 1 aromatic heterocycles. The second kappa shape index (κ2) is 6.19. The Bertz CT molecular complexity index is 536. The van der Waals surface area contributed by atoms with Gasteiger partial charge < -0.3 is 4.90 Å². The fourth-order valence-corrected chi connectivity index (χ4v) is 1.87. The number of pyridine rings is 1.